The molecule has 2 aromatic carbocycles. The van der Waals surface area contributed by atoms with Gasteiger partial charge in [0.15, 0.2) is 0 Å². The van der Waals surface area contributed by atoms with Crippen LogP contribution >= 0.6 is 0 Å². The number of hydrogen-bond donors (Lipinski definition) is 3. The Morgan fingerprint density at radius 1 is 0.974 bits per heavy atom. The Balaban J connectivity index is 2.04. The molecule has 1 saturated carbocycles. The van der Waals surface area contributed by atoms with Crippen LogP contribution in [-0.4, -0.2) is 51.1 Å². The number of nitrogens with one attached hydrogen (secondary N) is 2. The normalized spacial score (nSPS) is 15.2. The van der Waals surface area contributed by atoms with E-state index in [0.29, 0.717) is 0 Å². The van der Waals surface area contributed by atoms with E-state index in [1.165, 1.54) is 12.1 Å². The lowest BCUT2D eigenvalue weighted by atomic mass is 9.96. The number of ether oxygens (including phenoxy) is 1. The zero-order valence-corrected chi connectivity index (χ0v) is 24.4. The molecule has 2 aromatic rings. The number of carbonyl (C=O) groups excluding carboxylic acids is 3. The Morgan fingerprint density at radius 3 is 2.10 bits per heavy atom. The third kappa shape index (κ3) is 8.73. The van der Waals surface area contributed by atoms with Crippen LogP contribution in [0.3, 0.4) is 0 Å². The zero-order valence-electron chi connectivity index (χ0n) is 24.4. The number of carbonyl (C=O) groups is 3. The fourth-order valence-electron chi connectivity index (χ4n) is 4.38. The third-order valence-electron chi connectivity index (χ3n) is 6.43. The van der Waals surface area contributed by atoms with Gasteiger partial charge in [-0.05, 0) is 103 Å². The van der Waals surface area contributed by atoms with Crippen LogP contribution in [0, 0.1) is 13.8 Å². The SMILES string of the molecule is Cc1ccc(C(C(=O)NC(C)(C)C)N(C(=O)C(Cc2ccc(O)cc2)NC(=O)OC(C)(C)C)C2CC2)cc1C. The van der Waals surface area contributed by atoms with E-state index in [9.17, 15) is 19.5 Å². The molecule has 39 heavy (non-hydrogen) atoms. The maximum absolute atomic E-state index is 14.4. The average molecular weight is 538 g/mol. The van der Waals surface area contributed by atoms with Gasteiger partial charge < -0.3 is 25.4 Å². The van der Waals surface area contributed by atoms with Crippen LogP contribution in [0.25, 0.3) is 0 Å². The molecule has 2 unspecified atom stereocenters. The molecular weight excluding hydrogens is 494 g/mol. The maximum Gasteiger partial charge on any atom is 0.408 e. The van der Waals surface area contributed by atoms with E-state index < -0.39 is 29.3 Å². The molecule has 0 spiro atoms. The van der Waals surface area contributed by atoms with Crippen molar-refractivity contribution in [1.82, 2.24) is 15.5 Å². The van der Waals surface area contributed by atoms with E-state index in [4.69, 9.17) is 4.74 Å². The third-order valence-corrected chi connectivity index (χ3v) is 6.43. The van der Waals surface area contributed by atoms with Crippen molar-refractivity contribution < 1.29 is 24.2 Å². The summed E-state index contributed by atoms with van der Waals surface area (Å²) in [6.07, 6.45) is 1.00. The average Bonchev–Trinajstić information content (AvgIpc) is 3.62. The number of benzene rings is 2. The van der Waals surface area contributed by atoms with Gasteiger partial charge in [-0.25, -0.2) is 4.79 Å². The fraction of sp³-hybridized carbons (Fsp3) is 0.516. The Bertz CT molecular complexity index is 1190. The molecule has 2 atom stereocenters. The van der Waals surface area contributed by atoms with Crippen LogP contribution < -0.4 is 10.6 Å². The van der Waals surface area contributed by atoms with Crippen LogP contribution in [0.2, 0.25) is 0 Å². The van der Waals surface area contributed by atoms with Crippen molar-refractivity contribution in [3.05, 3.63) is 64.7 Å². The molecule has 8 nitrogen and oxygen atoms in total. The summed E-state index contributed by atoms with van der Waals surface area (Å²) in [7, 11) is 0. The van der Waals surface area contributed by atoms with Crippen LogP contribution in [0.15, 0.2) is 42.5 Å². The second-order valence-electron chi connectivity index (χ2n) is 12.5. The molecule has 0 aromatic heterocycles. The van der Waals surface area contributed by atoms with Crippen LogP contribution in [-0.2, 0) is 20.7 Å². The monoisotopic (exact) mass is 537 g/mol. The van der Waals surface area contributed by atoms with Crippen molar-refractivity contribution in [1.29, 1.82) is 0 Å². The van der Waals surface area contributed by atoms with Gasteiger partial charge in [0.25, 0.3) is 0 Å². The highest BCUT2D eigenvalue weighted by Gasteiger charge is 2.44. The van der Waals surface area contributed by atoms with Gasteiger partial charge in [-0.1, -0.05) is 30.3 Å². The summed E-state index contributed by atoms with van der Waals surface area (Å²) in [5.41, 5.74) is 2.33. The molecule has 0 radical (unpaired) electrons. The standard InChI is InChI=1S/C31H43N3O5/c1-19-9-12-22(17-20(19)2)26(27(36)33-30(3,4)5)34(23-13-14-23)28(37)25(32-29(38)39-31(6,7)8)18-21-10-15-24(35)16-11-21/h9-12,15-17,23,25-26,35H,13-14,18H2,1-8H3,(H,32,38)(H,33,36). The van der Waals surface area contributed by atoms with Crippen molar-refractivity contribution in [3.8, 4) is 5.75 Å². The van der Waals surface area contributed by atoms with Gasteiger partial charge in [-0.15, -0.1) is 0 Å². The minimum atomic E-state index is -0.985. The molecule has 1 fully saturated rings. The fourth-order valence-corrected chi connectivity index (χ4v) is 4.38. The predicted octanol–water partition coefficient (Wildman–Crippen LogP) is 5.09. The minimum Gasteiger partial charge on any atom is -0.508 e. The van der Waals surface area contributed by atoms with Gasteiger partial charge in [0.2, 0.25) is 11.8 Å². The summed E-state index contributed by atoms with van der Waals surface area (Å²) < 4.78 is 5.48. The summed E-state index contributed by atoms with van der Waals surface area (Å²) in [5, 5.41) is 15.6. The first-order valence-corrected chi connectivity index (χ1v) is 13.5. The number of aryl methyl sites for hydroxylation is 2. The molecule has 0 saturated heterocycles. The first kappa shape index (κ1) is 30.0. The molecule has 3 amide bonds. The van der Waals surface area contributed by atoms with E-state index in [0.717, 1.165) is 35.1 Å². The predicted molar refractivity (Wildman–Crippen MR) is 151 cm³/mol. The van der Waals surface area contributed by atoms with Gasteiger partial charge >= 0.3 is 6.09 Å². The lowest BCUT2D eigenvalue weighted by Crippen LogP contribution is -2.55. The summed E-state index contributed by atoms with van der Waals surface area (Å²) in [4.78, 5) is 42.7. The summed E-state index contributed by atoms with van der Waals surface area (Å²) in [6.45, 7) is 15.0. The number of amides is 3. The second kappa shape index (κ2) is 11.7. The van der Waals surface area contributed by atoms with E-state index >= 15 is 0 Å². The highest BCUT2D eigenvalue weighted by atomic mass is 16.6. The van der Waals surface area contributed by atoms with Crippen molar-refractivity contribution >= 4 is 17.9 Å². The minimum absolute atomic E-state index is 0.106. The summed E-state index contributed by atoms with van der Waals surface area (Å²) >= 11 is 0. The summed E-state index contributed by atoms with van der Waals surface area (Å²) in [6, 6.07) is 10.3. The molecule has 3 N–H and O–H groups in total. The molecule has 212 valence electrons. The Kier molecular flexibility index (Phi) is 8.98. The van der Waals surface area contributed by atoms with Gasteiger partial charge in [0.05, 0.1) is 0 Å². The van der Waals surface area contributed by atoms with Gasteiger partial charge in [0.1, 0.15) is 23.4 Å². The molecule has 1 aliphatic rings. The largest absolute Gasteiger partial charge is 0.508 e. The molecule has 1 aliphatic carbocycles. The van der Waals surface area contributed by atoms with Crippen molar-refractivity contribution in [2.45, 2.75) is 104 Å². The zero-order chi connectivity index (χ0) is 29.1. The van der Waals surface area contributed by atoms with Crippen LogP contribution in [0.5, 0.6) is 5.75 Å². The highest BCUT2D eigenvalue weighted by molar-refractivity contribution is 5.93. The highest BCUT2D eigenvalue weighted by Crippen LogP contribution is 2.36. The van der Waals surface area contributed by atoms with E-state index in [2.05, 4.69) is 10.6 Å². The number of nitrogens with zero attached hydrogens (tertiary/aromatic N) is 1. The quantitative estimate of drug-likeness (QED) is 0.435. The lowest BCUT2D eigenvalue weighted by molar-refractivity contribution is -0.143. The Labute approximate surface area is 232 Å². The second-order valence-corrected chi connectivity index (χ2v) is 12.5. The molecule has 0 bridgehead atoms. The molecule has 0 heterocycles. The number of rotatable bonds is 8. The van der Waals surface area contributed by atoms with Crippen LogP contribution in [0.4, 0.5) is 4.79 Å². The lowest BCUT2D eigenvalue weighted by Gasteiger charge is -2.36. The van der Waals surface area contributed by atoms with Crippen molar-refractivity contribution in [2.24, 2.45) is 0 Å². The van der Waals surface area contributed by atoms with E-state index in [-0.39, 0.29) is 30.0 Å². The number of aromatic hydroxyl groups is 1. The first-order valence-electron chi connectivity index (χ1n) is 13.5. The molecule has 0 aliphatic heterocycles. The number of alkyl carbamates (subject to hydrolysis) is 1. The first-order chi connectivity index (χ1) is 18.0. The van der Waals surface area contributed by atoms with E-state index in [1.54, 1.807) is 37.8 Å². The number of phenols is 1. The summed E-state index contributed by atoms with van der Waals surface area (Å²) in [5.74, 6) is -0.523. The maximum atomic E-state index is 14.4. The van der Waals surface area contributed by atoms with Crippen molar-refractivity contribution in [2.75, 3.05) is 0 Å². The number of hydrogen-bond acceptors (Lipinski definition) is 5. The molecular formula is C31H43N3O5. The van der Waals surface area contributed by atoms with Gasteiger partial charge in [-0.3, -0.25) is 9.59 Å². The van der Waals surface area contributed by atoms with Crippen molar-refractivity contribution in [3.63, 3.8) is 0 Å². The Morgan fingerprint density at radius 2 is 1.59 bits per heavy atom. The molecule has 8 heteroatoms. The number of phenolic OH excluding ortho intramolecular Hbond substituents is 1. The molecule has 3 rings (SSSR count). The van der Waals surface area contributed by atoms with Gasteiger partial charge in [-0.2, -0.15) is 0 Å². The topological polar surface area (TPSA) is 108 Å². The van der Waals surface area contributed by atoms with E-state index in [1.807, 2.05) is 52.8 Å². The Hall–Kier alpha value is -3.55. The van der Waals surface area contributed by atoms with Crippen LogP contribution in [0.1, 0.15) is 82.7 Å². The van der Waals surface area contributed by atoms with Gasteiger partial charge in [0, 0.05) is 18.0 Å². The smallest absolute Gasteiger partial charge is 0.408 e.